The molecule has 0 aliphatic heterocycles. The Morgan fingerprint density at radius 1 is 1.20 bits per heavy atom. The lowest BCUT2D eigenvalue weighted by Crippen LogP contribution is -2.18. The monoisotopic (exact) mass is 340 g/mol. The highest BCUT2D eigenvalue weighted by Gasteiger charge is 2.25. The van der Waals surface area contributed by atoms with Crippen molar-refractivity contribution in [3.63, 3.8) is 0 Å². The Balaban J connectivity index is 1.74. The zero-order valence-corrected chi connectivity index (χ0v) is 15.8. The van der Waals surface area contributed by atoms with Gasteiger partial charge in [0.25, 0.3) is 0 Å². The van der Waals surface area contributed by atoms with Crippen LogP contribution in [0.4, 0.5) is 5.95 Å². The van der Waals surface area contributed by atoms with Crippen molar-refractivity contribution in [3.8, 4) is 0 Å². The molecule has 0 amide bonds. The highest BCUT2D eigenvalue weighted by molar-refractivity contribution is 5.74. The van der Waals surface area contributed by atoms with Gasteiger partial charge in [-0.25, -0.2) is 9.97 Å². The van der Waals surface area contributed by atoms with Crippen LogP contribution in [-0.2, 0) is 0 Å². The van der Waals surface area contributed by atoms with E-state index in [9.17, 15) is 0 Å². The number of rotatable bonds is 8. The van der Waals surface area contributed by atoms with E-state index in [1.807, 2.05) is 18.3 Å². The van der Waals surface area contributed by atoms with Gasteiger partial charge in [-0.1, -0.05) is 31.9 Å². The van der Waals surface area contributed by atoms with Crippen molar-refractivity contribution in [2.45, 2.75) is 51.4 Å². The zero-order valence-electron chi connectivity index (χ0n) is 15.8. The molecule has 4 heteroatoms. The highest BCUT2D eigenvalue weighted by Crippen LogP contribution is 2.38. The molecule has 0 spiro atoms. The molecular formula is C21H32N4. The zero-order chi connectivity index (χ0) is 17.6. The van der Waals surface area contributed by atoms with E-state index in [1.165, 1.54) is 50.6 Å². The van der Waals surface area contributed by atoms with Crippen molar-refractivity contribution in [2.75, 3.05) is 26.0 Å². The van der Waals surface area contributed by atoms with Crippen molar-refractivity contribution < 1.29 is 0 Å². The summed E-state index contributed by atoms with van der Waals surface area (Å²) >= 11 is 0. The lowest BCUT2D eigenvalue weighted by Gasteiger charge is -2.22. The molecule has 0 saturated heterocycles. The predicted molar refractivity (Wildman–Crippen MR) is 105 cm³/mol. The summed E-state index contributed by atoms with van der Waals surface area (Å²) in [6.45, 7) is 5.04. The fourth-order valence-corrected chi connectivity index (χ4v) is 3.72. The number of allylic oxidation sites excluding steroid dienone is 3. The van der Waals surface area contributed by atoms with Crippen LogP contribution in [0.5, 0.6) is 0 Å². The second kappa shape index (κ2) is 8.50. The molecule has 3 rings (SSSR count). The maximum absolute atomic E-state index is 4.78. The minimum atomic E-state index is 0.743. The molecule has 2 saturated carbocycles. The molecule has 1 aromatic heterocycles. The quantitative estimate of drug-likeness (QED) is 0.695. The van der Waals surface area contributed by atoms with Gasteiger partial charge in [-0.05, 0) is 50.0 Å². The van der Waals surface area contributed by atoms with Crippen molar-refractivity contribution in [2.24, 2.45) is 11.8 Å². The van der Waals surface area contributed by atoms with Crippen LogP contribution in [-0.4, -0.2) is 35.5 Å². The smallest absolute Gasteiger partial charge is 0.223 e. The minimum absolute atomic E-state index is 0.743. The van der Waals surface area contributed by atoms with Crippen LogP contribution >= 0.6 is 0 Å². The predicted octanol–water partition coefficient (Wildman–Crippen LogP) is 4.73. The van der Waals surface area contributed by atoms with Crippen LogP contribution in [0.3, 0.4) is 0 Å². The average Bonchev–Trinajstić information content (AvgIpc) is 3.45. The fourth-order valence-electron chi connectivity index (χ4n) is 3.72. The van der Waals surface area contributed by atoms with Crippen LogP contribution < -0.4 is 5.32 Å². The summed E-state index contributed by atoms with van der Waals surface area (Å²) in [5.74, 6) is 2.34. The third kappa shape index (κ3) is 5.07. The van der Waals surface area contributed by atoms with Gasteiger partial charge in [0, 0.05) is 38.1 Å². The van der Waals surface area contributed by atoms with Crippen molar-refractivity contribution in [1.29, 1.82) is 0 Å². The molecular weight excluding hydrogens is 308 g/mol. The molecule has 4 nitrogen and oxygen atoms in total. The molecule has 0 atom stereocenters. The Morgan fingerprint density at radius 2 is 1.96 bits per heavy atom. The molecule has 136 valence electrons. The first-order valence-electron chi connectivity index (χ1n) is 9.77. The number of hydrogen-bond acceptors (Lipinski definition) is 4. The first-order valence-corrected chi connectivity index (χ1v) is 9.77. The molecule has 0 bridgehead atoms. The van der Waals surface area contributed by atoms with E-state index in [0.29, 0.717) is 0 Å². The molecule has 2 aliphatic carbocycles. The number of hydrogen-bond donors (Lipinski definition) is 1. The van der Waals surface area contributed by atoms with Gasteiger partial charge < -0.3 is 10.2 Å². The van der Waals surface area contributed by atoms with Gasteiger partial charge in [0.1, 0.15) is 0 Å². The largest absolute Gasteiger partial charge is 0.380 e. The molecule has 1 N–H and O–H groups in total. The summed E-state index contributed by atoms with van der Waals surface area (Å²) in [6.07, 6.45) is 14.4. The molecule has 25 heavy (non-hydrogen) atoms. The SMILES string of the molecule is C=C/C(=C(/CC1CC1)N(C)C)c1ccnc(NCC2CCCCC2)n1. The van der Waals surface area contributed by atoms with Crippen molar-refractivity contribution >= 4 is 11.5 Å². The van der Waals surface area contributed by atoms with Crippen LogP contribution in [0, 0.1) is 11.8 Å². The number of aromatic nitrogens is 2. The van der Waals surface area contributed by atoms with Crippen LogP contribution in [0.1, 0.15) is 57.1 Å². The van der Waals surface area contributed by atoms with Crippen LogP contribution in [0.15, 0.2) is 30.6 Å². The average molecular weight is 341 g/mol. The molecule has 1 aromatic rings. The number of nitrogens with one attached hydrogen (secondary N) is 1. The van der Waals surface area contributed by atoms with Gasteiger partial charge in [-0.3, -0.25) is 0 Å². The van der Waals surface area contributed by atoms with Gasteiger partial charge >= 0.3 is 0 Å². The van der Waals surface area contributed by atoms with E-state index >= 15 is 0 Å². The standard InChI is InChI=1S/C21H32N4/c1-4-18(20(25(2)3)14-16-10-11-16)19-12-13-22-21(24-19)23-15-17-8-6-5-7-9-17/h4,12-13,16-17H,1,5-11,14-15H2,2-3H3,(H,22,23,24)/b20-18+. The molecule has 0 unspecified atom stereocenters. The first-order chi connectivity index (χ1) is 12.2. The highest BCUT2D eigenvalue weighted by atomic mass is 15.1. The Morgan fingerprint density at radius 3 is 2.60 bits per heavy atom. The normalized spacial score (nSPS) is 19.3. The maximum Gasteiger partial charge on any atom is 0.223 e. The first kappa shape index (κ1) is 18.0. The fraction of sp³-hybridized carbons (Fsp3) is 0.619. The van der Waals surface area contributed by atoms with E-state index in [-0.39, 0.29) is 0 Å². The second-order valence-electron chi connectivity index (χ2n) is 7.76. The van der Waals surface area contributed by atoms with E-state index in [4.69, 9.17) is 4.98 Å². The molecule has 1 heterocycles. The van der Waals surface area contributed by atoms with Crippen LogP contribution in [0.2, 0.25) is 0 Å². The molecule has 0 aromatic carbocycles. The Hall–Kier alpha value is -1.84. The Kier molecular flexibility index (Phi) is 6.11. The van der Waals surface area contributed by atoms with E-state index in [1.54, 1.807) is 0 Å². The number of nitrogens with zero attached hydrogens (tertiary/aromatic N) is 3. The van der Waals surface area contributed by atoms with Crippen molar-refractivity contribution in [3.05, 3.63) is 36.3 Å². The van der Waals surface area contributed by atoms with Gasteiger partial charge in [-0.2, -0.15) is 0 Å². The lowest BCUT2D eigenvalue weighted by molar-refractivity contribution is 0.373. The summed E-state index contributed by atoms with van der Waals surface area (Å²) in [4.78, 5) is 11.4. The third-order valence-electron chi connectivity index (χ3n) is 5.44. The van der Waals surface area contributed by atoms with E-state index in [0.717, 1.165) is 42.0 Å². The Bertz CT molecular complexity index is 610. The van der Waals surface area contributed by atoms with Gasteiger partial charge in [-0.15, -0.1) is 0 Å². The maximum atomic E-state index is 4.78. The molecule has 2 aliphatic rings. The summed E-state index contributed by atoms with van der Waals surface area (Å²) in [5.41, 5.74) is 3.44. The number of anilines is 1. The summed E-state index contributed by atoms with van der Waals surface area (Å²) in [7, 11) is 4.23. The summed E-state index contributed by atoms with van der Waals surface area (Å²) < 4.78 is 0. The van der Waals surface area contributed by atoms with Crippen LogP contribution in [0.25, 0.3) is 5.57 Å². The topological polar surface area (TPSA) is 41.1 Å². The van der Waals surface area contributed by atoms with E-state index < -0.39 is 0 Å². The Labute approximate surface area is 152 Å². The molecule has 2 fully saturated rings. The van der Waals surface area contributed by atoms with Gasteiger partial charge in [0.05, 0.1) is 5.69 Å². The van der Waals surface area contributed by atoms with E-state index in [2.05, 4.69) is 35.9 Å². The molecule has 0 radical (unpaired) electrons. The third-order valence-corrected chi connectivity index (χ3v) is 5.44. The second-order valence-corrected chi connectivity index (χ2v) is 7.76. The summed E-state index contributed by atoms with van der Waals surface area (Å²) in [6, 6.07) is 2.00. The van der Waals surface area contributed by atoms with Gasteiger partial charge in [0.2, 0.25) is 5.95 Å². The summed E-state index contributed by atoms with van der Waals surface area (Å²) in [5, 5.41) is 3.46. The van der Waals surface area contributed by atoms with Crippen molar-refractivity contribution in [1.82, 2.24) is 14.9 Å². The lowest BCUT2D eigenvalue weighted by atomic mass is 9.89. The van der Waals surface area contributed by atoms with Gasteiger partial charge in [0.15, 0.2) is 0 Å². The minimum Gasteiger partial charge on any atom is -0.380 e.